The highest BCUT2D eigenvalue weighted by Gasteiger charge is 2.71. The Morgan fingerprint density at radius 3 is 1.66 bits per heavy atom. The summed E-state index contributed by atoms with van der Waals surface area (Å²) in [6, 6.07) is 0. The van der Waals surface area contributed by atoms with Crippen LogP contribution in [-0.4, -0.2) is 255 Å². The summed E-state index contributed by atoms with van der Waals surface area (Å²) in [5.41, 5.74) is -2.01. The van der Waals surface area contributed by atoms with E-state index in [1.807, 2.05) is 0 Å². The predicted molar refractivity (Wildman–Crippen MR) is 272 cm³/mol. The van der Waals surface area contributed by atoms with E-state index in [-0.39, 0.29) is 40.9 Å². The van der Waals surface area contributed by atoms with Gasteiger partial charge in [-0.2, -0.15) is 0 Å². The first kappa shape index (κ1) is 63.8. The highest BCUT2D eigenvalue weighted by atomic mass is 16.8. The van der Waals surface area contributed by atoms with E-state index in [0.717, 1.165) is 25.7 Å². The molecule has 3 saturated carbocycles. The summed E-state index contributed by atoms with van der Waals surface area (Å²) in [4.78, 5) is 0. The van der Waals surface area contributed by atoms with Crippen LogP contribution in [0.15, 0.2) is 11.6 Å². The number of rotatable bonds is 18. The number of allylic oxidation sites excluding steroid dienone is 1. The molecule has 0 bridgehead atoms. The van der Waals surface area contributed by atoms with Gasteiger partial charge in [-0.15, -0.1) is 0 Å². The highest BCUT2D eigenvalue weighted by Crippen LogP contribution is 2.76. The van der Waals surface area contributed by atoms with Crippen LogP contribution in [0.3, 0.4) is 0 Å². The fraction of sp³-hybridized carbons (Fsp3) is 0.964. The predicted octanol–water partition coefficient (Wildman–Crippen LogP) is -2.84. The molecule has 4 aliphatic heterocycles. The monoisotopic (exact) mass is 1140 g/mol. The Morgan fingerprint density at radius 2 is 1.13 bits per heavy atom. The summed E-state index contributed by atoms with van der Waals surface area (Å²) in [6.07, 6.45) is -26.7. The van der Waals surface area contributed by atoms with E-state index >= 15 is 0 Å². The van der Waals surface area contributed by atoms with Crippen LogP contribution in [0.1, 0.15) is 113 Å². The van der Waals surface area contributed by atoms with Crippen LogP contribution in [0.2, 0.25) is 0 Å². The second-order valence-electron chi connectivity index (χ2n) is 26.0. The molecule has 79 heavy (non-hydrogen) atoms. The smallest absolute Gasteiger partial charge is 0.187 e. The molecule has 4 heterocycles. The maximum absolute atomic E-state index is 12.8. The zero-order chi connectivity index (χ0) is 58.2. The third kappa shape index (κ3) is 11.2. The van der Waals surface area contributed by atoms with Crippen molar-refractivity contribution >= 4 is 0 Å². The maximum atomic E-state index is 12.8. The minimum atomic E-state index is -1.93. The molecule has 0 aromatic carbocycles. The van der Waals surface area contributed by atoms with Gasteiger partial charge in [0, 0.05) is 10.8 Å². The van der Waals surface area contributed by atoms with Crippen molar-refractivity contribution in [2.75, 3.05) is 26.4 Å². The zero-order valence-corrected chi connectivity index (χ0v) is 46.8. The van der Waals surface area contributed by atoms with E-state index in [2.05, 4.69) is 47.6 Å². The number of aliphatic hydroxyl groups excluding tert-OH is 15. The number of fused-ring (bicyclic) bond motifs is 5. The lowest BCUT2D eigenvalue weighted by atomic mass is 9.37. The van der Waals surface area contributed by atoms with Gasteiger partial charge in [-0.1, -0.05) is 53.2 Å². The van der Waals surface area contributed by atoms with Gasteiger partial charge in [0.2, 0.25) is 0 Å². The Hall–Kier alpha value is -1.22. The van der Waals surface area contributed by atoms with Crippen molar-refractivity contribution in [3.63, 3.8) is 0 Å². The summed E-state index contributed by atoms with van der Waals surface area (Å²) < 4.78 is 47.8. The first-order valence-electron chi connectivity index (χ1n) is 28.6. The van der Waals surface area contributed by atoms with Crippen LogP contribution in [0.4, 0.5) is 0 Å². The molecule has 4 saturated heterocycles. The van der Waals surface area contributed by atoms with Crippen molar-refractivity contribution in [1.82, 2.24) is 0 Å². The van der Waals surface area contributed by atoms with Crippen molar-refractivity contribution in [3.8, 4) is 0 Å². The van der Waals surface area contributed by atoms with Gasteiger partial charge in [0.25, 0.3) is 0 Å². The van der Waals surface area contributed by atoms with E-state index in [1.165, 1.54) is 19.4 Å². The number of aliphatic hydroxyl groups is 16. The van der Waals surface area contributed by atoms with Crippen molar-refractivity contribution in [2.24, 2.45) is 45.3 Å². The summed E-state index contributed by atoms with van der Waals surface area (Å²) >= 11 is 0. The van der Waals surface area contributed by atoms with Gasteiger partial charge >= 0.3 is 0 Å². The number of hydrogen-bond acceptors (Lipinski definition) is 24. The molecule has 7 fully saturated rings. The molecule has 0 spiro atoms. The normalized spacial score (nSPS) is 50.9. The lowest BCUT2D eigenvalue weighted by Gasteiger charge is -2.68. The SMILES string of the molecule is CC[C@@]12CC[C@H]([C@H](C)CC[C@@H](O[C@@H]3O[C@H](CO[C@@H]4O[C@H](CO)[C@@H](O)[C@H](O)[C@H]4O)[C@@H](O)[C@H](O)[C@H]3O[C@@H]3O[C@H](CO)[C@@H](O)[C@H](O)[C@H]3O)C(C)(C)O)[C@@]1(C)C[C@@H](O)[C@@]1(C)[C@@H]3CC[C@H](O[C@@H]4O[C@H](CO)[C@@H](O)[C@H](O)[C@H]4O)C(C)(C)C3=CC[C@H]12. The topological polar surface area (TPSA) is 398 Å². The molecular weight excluding hydrogens is 1040 g/mol. The molecule has 0 amide bonds. The standard InChI is InChI=1S/C55H94O24/c1-9-55-17-16-24(53(55,7)18-32(59)54(8)26-12-15-33(51(3,4)25(26)11-13-31(54)55)77-48-44(69)40(65)36(61)28(20-57)74-48)23(2)10-14-34(52(5,6)71)78-50-46(79-49-45(70)41(66)37(62)29(21-58)75-49)42(67)38(63)30(76-50)22-72-47-43(68)39(64)35(60)27(19-56)73-47/h11,23-24,26-50,56-71H,9-10,12-22H2,1-8H3/t23-,24-,26-,27-,28-,29-,30-,31-,32-,33+,34-,35-,36-,37-,38-,39+,40+,41+,42+,43-,44-,45-,46-,47-,48+,49+,50+,53-,54+,55+/m1/s1. The summed E-state index contributed by atoms with van der Waals surface area (Å²) in [7, 11) is 0. The summed E-state index contributed by atoms with van der Waals surface area (Å²) in [5, 5.41) is 173. The highest BCUT2D eigenvalue weighted by molar-refractivity contribution is 5.32. The van der Waals surface area contributed by atoms with Gasteiger partial charge in [0.1, 0.15) is 97.7 Å². The lowest BCUT2D eigenvalue weighted by Crippen LogP contribution is -2.65. The Labute approximate surface area is 461 Å². The first-order chi connectivity index (χ1) is 37.0. The van der Waals surface area contributed by atoms with Crippen LogP contribution < -0.4 is 0 Å². The fourth-order valence-electron chi connectivity index (χ4n) is 16.2. The Kier molecular flexibility index (Phi) is 19.6. The Bertz CT molecular complexity index is 2040. The average molecular weight is 1140 g/mol. The van der Waals surface area contributed by atoms with Gasteiger partial charge in [0.05, 0.1) is 50.3 Å². The minimum Gasteiger partial charge on any atom is -0.394 e. The average Bonchev–Trinajstić information content (AvgIpc) is 3.73. The molecule has 0 aromatic rings. The quantitative estimate of drug-likeness (QED) is 0.0615. The van der Waals surface area contributed by atoms with Crippen LogP contribution in [-0.2, 0) is 37.9 Å². The van der Waals surface area contributed by atoms with E-state index in [0.29, 0.717) is 25.7 Å². The van der Waals surface area contributed by atoms with E-state index in [1.54, 1.807) is 0 Å². The molecule has 8 aliphatic rings. The van der Waals surface area contributed by atoms with Gasteiger partial charge in [0.15, 0.2) is 25.2 Å². The molecule has 24 nitrogen and oxygen atoms in total. The van der Waals surface area contributed by atoms with Crippen molar-refractivity contribution < 1.29 is 120 Å². The van der Waals surface area contributed by atoms with Crippen molar-refractivity contribution in [2.45, 2.75) is 260 Å². The molecule has 4 aliphatic carbocycles. The van der Waals surface area contributed by atoms with Gasteiger partial charge in [-0.25, -0.2) is 0 Å². The molecular formula is C55H94O24. The largest absolute Gasteiger partial charge is 0.394 e. The molecule has 8 rings (SSSR count). The van der Waals surface area contributed by atoms with E-state index in [4.69, 9.17) is 37.9 Å². The Morgan fingerprint density at radius 1 is 0.620 bits per heavy atom. The fourth-order valence-corrected chi connectivity index (χ4v) is 16.2. The van der Waals surface area contributed by atoms with Crippen molar-refractivity contribution in [1.29, 1.82) is 0 Å². The molecule has 24 heteroatoms. The Balaban J connectivity index is 0.999. The second kappa shape index (κ2) is 24.3. The number of ether oxygens (including phenoxy) is 8. The maximum Gasteiger partial charge on any atom is 0.187 e. The summed E-state index contributed by atoms with van der Waals surface area (Å²) in [6.45, 7) is 13.5. The molecule has 0 unspecified atom stereocenters. The third-order valence-electron chi connectivity index (χ3n) is 21.1. The zero-order valence-electron chi connectivity index (χ0n) is 46.8. The molecule has 0 aromatic heterocycles. The lowest BCUT2D eigenvalue weighted by molar-refractivity contribution is -0.380. The van der Waals surface area contributed by atoms with Crippen LogP contribution >= 0.6 is 0 Å². The van der Waals surface area contributed by atoms with Crippen molar-refractivity contribution in [3.05, 3.63) is 11.6 Å². The molecule has 16 N–H and O–H groups in total. The van der Waals surface area contributed by atoms with E-state index in [9.17, 15) is 81.7 Å². The number of hydrogen-bond donors (Lipinski definition) is 16. The second-order valence-corrected chi connectivity index (χ2v) is 26.0. The molecule has 30 atom stereocenters. The first-order valence-corrected chi connectivity index (χ1v) is 28.6. The van der Waals surface area contributed by atoms with Gasteiger partial charge in [-0.3, -0.25) is 0 Å². The van der Waals surface area contributed by atoms with Crippen LogP contribution in [0.25, 0.3) is 0 Å². The molecule has 0 radical (unpaired) electrons. The molecule has 458 valence electrons. The van der Waals surface area contributed by atoms with Crippen LogP contribution in [0, 0.1) is 45.3 Å². The van der Waals surface area contributed by atoms with Gasteiger partial charge in [-0.05, 0) is 106 Å². The third-order valence-corrected chi connectivity index (χ3v) is 21.1. The van der Waals surface area contributed by atoms with Gasteiger partial charge < -0.3 is 120 Å². The summed E-state index contributed by atoms with van der Waals surface area (Å²) in [5.74, 6) is 0.244. The van der Waals surface area contributed by atoms with Crippen LogP contribution in [0.5, 0.6) is 0 Å². The van der Waals surface area contributed by atoms with E-state index < -0.39 is 184 Å². The minimum absolute atomic E-state index is 0.00704.